The predicted molar refractivity (Wildman–Crippen MR) is 61.7 cm³/mol. The van der Waals surface area contributed by atoms with Crippen molar-refractivity contribution < 1.29 is 4.74 Å². The van der Waals surface area contributed by atoms with E-state index in [1.165, 1.54) is 0 Å². The third-order valence-corrected chi connectivity index (χ3v) is 2.92. The van der Waals surface area contributed by atoms with E-state index in [9.17, 15) is 0 Å². The normalized spacial score (nSPS) is 17.7. The molecule has 5 heteroatoms. The molecule has 15 heavy (non-hydrogen) atoms. The molecule has 1 fully saturated rings. The molecule has 1 aromatic heterocycles. The summed E-state index contributed by atoms with van der Waals surface area (Å²) < 4.78 is 5.28. The lowest BCUT2D eigenvalue weighted by molar-refractivity contribution is 0.0904. The molecule has 1 N–H and O–H groups in total. The van der Waals surface area contributed by atoms with Gasteiger partial charge < -0.3 is 10.1 Å². The van der Waals surface area contributed by atoms with Crippen LogP contribution in [0.3, 0.4) is 0 Å². The van der Waals surface area contributed by atoms with Gasteiger partial charge >= 0.3 is 0 Å². The van der Waals surface area contributed by atoms with Crippen molar-refractivity contribution >= 4 is 28.9 Å². The van der Waals surface area contributed by atoms with Gasteiger partial charge in [-0.1, -0.05) is 23.2 Å². The molecule has 0 atom stereocenters. The number of rotatable bonds is 2. The molecular formula is C10H12Cl2N2O. The lowest BCUT2D eigenvalue weighted by atomic mass is 10.1. The average molecular weight is 247 g/mol. The zero-order valence-electron chi connectivity index (χ0n) is 8.17. The number of pyridine rings is 1. The molecule has 82 valence electrons. The van der Waals surface area contributed by atoms with E-state index < -0.39 is 0 Å². The van der Waals surface area contributed by atoms with Crippen LogP contribution < -0.4 is 5.32 Å². The lowest BCUT2D eigenvalue weighted by Crippen LogP contribution is -2.27. The van der Waals surface area contributed by atoms with Crippen LogP contribution in [0.25, 0.3) is 0 Å². The molecule has 0 radical (unpaired) electrons. The fourth-order valence-electron chi connectivity index (χ4n) is 1.58. The van der Waals surface area contributed by atoms with E-state index in [0.29, 0.717) is 16.2 Å². The summed E-state index contributed by atoms with van der Waals surface area (Å²) in [5, 5.41) is 4.37. The Kier molecular flexibility index (Phi) is 3.67. The van der Waals surface area contributed by atoms with Crippen LogP contribution in [0.15, 0.2) is 12.3 Å². The topological polar surface area (TPSA) is 34.1 Å². The van der Waals surface area contributed by atoms with Gasteiger partial charge in [-0.2, -0.15) is 0 Å². The standard InChI is InChI=1S/C10H12Cl2N2O/c11-8-5-10(12)13-6-9(8)14-7-1-3-15-4-2-7/h5-7,14H,1-4H2. The highest BCUT2D eigenvalue weighted by Crippen LogP contribution is 2.25. The molecule has 0 spiro atoms. The first kappa shape index (κ1) is 11.0. The Morgan fingerprint density at radius 1 is 1.33 bits per heavy atom. The first-order valence-corrected chi connectivity index (χ1v) is 5.66. The first-order valence-electron chi connectivity index (χ1n) is 4.91. The molecule has 1 aliphatic rings. The fraction of sp³-hybridized carbons (Fsp3) is 0.500. The molecule has 0 saturated carbocycles. The molecule has 1 aliphatic heterocycles. The summed E-state index contributed by atoms with van der Waals surface area (Å²) >= 11 is 11.7. The van der Waals surface area contributed by atoms with Gasteiger partial charge in [-0.3, -0.25) is 0 Å². The Morgan fingerprint density at radius 2 is 2.07 bits per heavy atom. The third-order valence-electron chi connectivity index (χ3n) is 2.40. The van der Waals surface area contributed by atoms with E-state index in [-0.39, 0.29) is 0 Å². The van der Waals surface area contributed by atoms with Crippen molar-refractivity contribution in [2.45, 2.75) is 18.9 Å². The number of anilines is 1. The van der Waals surface area contributed by atoms with Crippen molar-refractivity contribution in [1.29, 1.82) is 0 Å². The fourth-order valence-corrected chi connectivity index (χ4v) is 2.00. The minimum atomic E-state index is 0.414. The Morgan fingerprint density at radius 3 is 2.73 bits per heavy atom. The molecule has 2 rings (SSSR count). The minimum absolute atomic E-state index is 0.414. The van der Waals surface area contributed by atoms with E-state index in [1.807, 2.05) is 0 Å². The van der Waals surface area contributed by atoms with Gasteiger partial charge in [0.25, 0.3) is 0 Å². The van der Waals surface area contributed by atoms with Crippen LogP contribution in [0.1, 0.15) is 12.8 Å². The molecule has 0 aromatic carbocycles. The van der Waals surface area contributed by atoms with Gasteiger partial charge in [-0.15, -0.1) is 0 Å². The first-order chi connectivity index (χ1) is 7.25. The summed E-state index contributed by atoms with van der Waals surface area (Å²) in [6.07, 6.45) is 3.66. The number of nitrogens with zero attached hydrogens (tertiary/aromatic N) is 1. The zero-order valence-corrected chi connectivity index (χ0v) is 9.68. The van der Waals surface area contributed by atoms with Crippen LogP contribution in [-0.4, -0.2) is 24.2 Å². The van der Waals surface area contributed by atoms with Crippen molar-refractivity contribution in [1.82, 2.24) is 4.98 Å². The van der Waals surface area contributed by atoms with Crippen LogP contribution in [-0.2, 0) is 4.74 Å². The van der Waals surface area contributed by atoms with Crippen LogP contribution in [0.4, 0.5) is 5.69 Å². The lowest BCUT2D eigenvalue weighted by Gasteiger charge is -2.24. The monoisotopic (exact) mass is 246 g/mol. The van der Waals surface area contributed by atoms with Crippen molar-refractivity contribution in [3.63, 3.8) is 0 Å². The maximum atomic E-state index is 6.03. The Balaban J connectivity index is 2.03. The summed E-state index contributed by atoms with van der Waals surface area (Å²) in [6.45, 7) is 1.60. The smallest absolute Gasteiger partial charge is 0.130 e. The second-order valence-electron chi connectivity index (χ2n) is 3.52. The number of hydrogen-bond acceptors (Lipinski definition) is 3. The van der Waals surface area contributed by atoms with E-state index in [0.717, 1.165) is 31.7 Å². The molecule has 0 bridgehead atoms. The van der Waals surface area contributed by atoms with E-state index in [1.54, 1.807) is 12.3 Å². The van der Waals surface area contributed by atoms with Crippen LogP contribution >= 0.6 is 23.2 Å². The summed E-state index contributed by atoms with van der Waals surface area (Å²) in [6, 6.07) is 2.06. The molecule has 1 saturated heterocycles. The van der Waals surface area contributed by atoms with Gasteiger partial charge in [-0.25, -0.2) is 4.98 Å². The quantitative estimate of drug-likeness (QED) is 0.816. The van der Waals surface area contributed by atoms with Crippen molar-refractivity contribution in [2.75, 3.05) is 18.5 Å². The molecule has 0 aliphatic carbocycles. The average Bonchev–Trinajstić information content (AvgIpc) is 2.24. The number of ether oxygens (including phenoxy) is 1. The molecule has 2 heterocycles. The van der Waals surface area contributed by atoms with Gasteiger partial charge in [-0.05, 0) is 18.9 Å². The predicted octanol–water partition coefficient (Wildman–Crippen LogP) is 2.98. The summed E-state index contributed by atoms with van der Waals surface area (Å²) in [5.74, 6) is 0. The Labute approximate surface area is 98.7 Å². The number of nitrogens with one attached hydrogen (secondary N) is 1. The van der Waals surface area contributed by atoms with Gasteiger partial charge in [0, 0.05) is 19.3 Å². The van der Waals surface area contributed by atoms with E-state index >= 15 is 0 Å². The van der Waals surface area contributed by atoms with Crippen LogP contribution in [0, 0.1) is 0 Å². The Bertz CT molecular complexity index is 340. The zero-order chi connectivity index (χ0) is 10.7. The maximum absolute atomic E-state index is 6.03. The van der Waals surface area contributed by atoms with Gasteiger partial charge in [0.05, 0.1) is 16.9 Å². The second-order valence-corrected chi connectivity index (χ2v) is 4.31. The largest absolute Gasteiger partial charge is 0.381 e. The van der Waals surface area contributed by atoms with E-state index in [4.69, 9.17) is 27.9 Å². The van der Waals surface area contributed by atoms with Crippen LogP contribution in [0.2, 0.25) is 10.2 Å². The minimum Gasteiger partial charge on any atom is -0.381 e. The molecular weight excluding hydrogens is 235 g/mol. The van der Waals surface area contributed by atoms with E-state index in [2.05, 4.69) is 10.3 Å². The van der Waals surface area contributed by atoms with Gasteiger partial charge in [0.15, 0.2) is 0 Å². The highest BCUT2D eigenvalue weighted by Gasteiger charge is 2.14. The third kappa shape index (κ3) is 2.97. The highest BCUT2D eigenvalue weighted by molar-refractivity contribution is 6.35. The van der Waals surface area contributed by atoms with Gasteiger partial charge in [0.1, 0.15) is 5.15 Å². The molecule has 3 nitrogen and oxygen atoms in total. The van der Waals surface area contributed by atoms with Crippen molar-refractivity contribution in [3.8, 4) is 0 Å². The number of hydrogen-bond donors (Lipinski definition) is 1. The molecule has 1 aromatic rings. The highest BCUT2D eigenvalue weighted by atomic mass is 35.5. The Hall–Kier alpha value is -0.510. The number of halogens is 2. The number of aromatic nitrogens is 1. The van der Waals surface area contributed by atoms with Crippen molar-refractivity contribution in [3.05, 3.63) is 22.4 Å². The molecule has 0 amide bonds. The second kappa shape index (κ2) is 5.01. The summed E-state index contributed by atoms with van der Waals surface area (Å²) in [5.41, 5.74) is 0.841. The molecule has 0 unspecified atom stereocenters. The van der Waals surface area contributed by atoms with Crippen molar-refractivity contribution in [2.24, 2.45) is 0 Å². The SMILES string of the molecule is Clc1cc(Cl)c(NC2CCOCC2)cn1. The maximum Gasteiger partial charge on any atom is 0.130 e. The van der Waals surface area contributed by atoms with Gasteiger partial charge in [0.2, 0.25) is 0 Å². The summed E-state index contributed by atoms with van der Waals surface area (Å²) in [4.78, 5) is 3.99. The summed E-state index contributed by atoms with van der Waals surface area (Å²) in [7, 11) is 0. The van der Waals surface area contributed by atoms with Crippen LogP contribution in [0.5, 0.6) is 0 Å².